The molecule has 134 valence electrons. The molecule has 1 fully saturated rings. The number of esters is 1. The Kier molecular flexibility index (Phi) is 6.61. The largest absolute Gasteiger partial charge is 0.490 e. The Bertz CT molecular complexity index is 753. The summed E-state index contributed by atoms with van der Waals surface area (Å²) in [6.45, 7) is 4.66. The van der Waals surface area contributed by atoms with E-state index in [1.54, 1.807) is 12.3 Å². The number of hydrogen-bond donors (Lipinski definition) is 1. The number of ether oxygens (including phenoxy) is 3. The number of carbonyl (C=O) groups is 1. The summed E-state index contributed by atoms with van der Waals surface area (Å²) >= 11 is 0. The van der Waals surface area contributed by atoms with Gasteiger partial charge < -0.3 is 19.5 Å². The standard InChI is InChI=1S/C18H20N2O4.ClH/c1-3-8-23-13-5-4-12-6-7-19-17(15(12)9-13)24-14-10-16(20-11-14)18(21)22-2;/h3-7,9,14,16,20H,1,8,10-11H2,2H3;1H/t14-,16+;/m1./s1. The van der Waals surface area contributed by atoms with Crippen LogP contribution >= 0.6 is 12.4 Å². The molecule has 0 aliphatic carbocycles. The SMILES string of the molecule is C=CCOc1ccc2ccnc(O[C@H]3CN[C@H](C(=O)OC)C3)c2c1.Cl. The summed E-state index contributed by atoms with van der Waals surface area (Å²) in [5.41, 5.74) is 0. The van der Waals surface area contributed by atoms with Gasteiger partial charge in [0.15, 0.2) is 0 Å². The number of nitrogens with one attached hydrogen (secondary N) is 1. The summed E-state index contributed by atoms with van der Waals surface area (Å²) in [4.78, 5) is 15.9. The van der Waals surface area contributed by atoms with Crippen molar-refractivity contribution in [3.05, 3.63) is 43.1 Å². The molecule has 6 nitrogen and oxygen atoms in total. The molecular formula is C18H21ClN2O4. The summed E-state index contributed by atoms with van der Waals surface area (Å²) in [7, 11) is 1.38. The molecule has 0 saturated carbocycles. The highest BCUT2D eigenvalue weighted by molar-refractivity contribution is 5.88. The minimum atomic E-state index is -0.332. The first-order valence-corrected chi connectivity index (χ1v) is 7.81. The molecular weight excluding hydrogens is 344 g/mol. The van der Waals surface area contributed by atoms with Gasteiger partial charge in [-0.15, -0.1) is 12.4 Å². The van der Waals surface area contributed by atoms with Crippen molar-refractivity contribution in [2.24, 2.45) is 0 Å². The van der Waals surface area contributed by atoms with E-state index in [2.05, 4.69) is 16.9 Å². The lowest BCUT2D eigenvalue weighted by Gasteiger charge is -2.14. The minimum absolute atomic E-state index is 0. The van der Waals surface area contributed by atoms with Gasteiger partial charge in [-0.25, -0.2) is 4.98 Å². The molecule has 7 heteroatoms. The van der Waals surface area contributed by atoms with Crippen molar-refractivity contribution in [3.63, 3.8) is 0 Å². The van der Waals surface area contributed by atoms with Crippen LogP contribution in [0.4, 0.5) is 0 Å². The van der Waals surface area contributed by atoms with Crippen LogP contribution in [0.15, 0.2) is 43.1 Å². The molecule has 2 atom stereocenters. The third-order valence-electron chi connectivity index (χ3n) is 3.92. The zero-order valence-corrected chi connectivity index (χ0v) is 14.8. The molecule has 0 amide bonds. The third kappa shape index (κ3) is 4.41. The number of rotatable bonds is 6. The number of halogens is 1. The second kappa shape index (κ2) is 8.69. The number of methoxy groups -OCH3 is 1. The average Bonchev–Trinajstić information content (AvgIpc) is 3.08. The van der Waals surface area contributed by atoms with E-state index in [0.717, 1.165) is 16.5 Å². The second-order valence-corrected chi connectivity index (χ2v) is 5.56. The second-order valence-electron chi connectivity index (χ2n) is 5.56. The van der Waals surface area contributed by atoms with Gasteiger partial charge in [0.2, 0.25) is 5.88 Å². The van der Waals surface area contributed by atoms with Gasteiger partial charge in [0.05, 0.1) is 7.11 Å². The van der Waals surface area contributed by atoms with Crippen LogP contribution in [-0.2, 0) is 9.53 Å². The van der Waals surface area contributed by atoms with E-state index in [1.807, 2.05) is 24.3 Å². The van der Waals surface area contributed by atoms with E-state index >= 15 is 0 Å². The highest BCUT2D eigenvalue weighted by atomic mass is 35.5. The fourth-order valence-corrected chi connectivity index (χ4v) is 2.73. The van der Waals surface area contributed by atoms with Crippen molar-refractivity contribution in [1.29, 1.82) is 0 Å². The van der Waals surface area contributed by atoms with Crippen LogP contribution in [0.3, 0.4) is 0 Å². The predicted octanol–water partition coefficient (Wildman–Crippen LogP) is 2.50. The van der Waals surface area contributed by atoms with Gasteiger partial charge in [-0.05, 0) is 23.6 Å². The van der Waals surface area contributed by atoms with Crippen molar-refractivity contribution < 1.29 is 19.0 Å². The van der Waals surface area contributed by atoms with Gasteiger partial charge in [-0.2, -0.15) is 0 Å². The third-order valence-corrected chi connectivity index (χ3v) is 3.92. The minimum Gasteiger partial charge on any atom is -0.490 e. The van der Waals surface area contributed by atoms with E-state index in [-0.39, 0.29) is 30.5 Å². The molecule has 25 heavy (non-hydrogen) atoms. The Labute approximate surface area is 152 Å². The monoisotopic (exact) mass is 364 g/mol. The zero-order valence-electron chi connectivity index (χ0n) is 13.9. The molecule has 1 saturated heterocycles. The van der Waals surface area contributed by atoms with Crippen molar-refractivity contribution in [2.45, 2.75) is 18.6 Å². The smallest absolute Gasteiger partial charge is 0.323 e. The number of pyridine rings is 1. The summed E-state index contributed by atoms with van der Waals surface area (Å²) in [5.74, 6) is 0.998. The number of benzene rings is 1. The molecule has 0 bridgehead atoms. The number of aromatic nitrogens is 1. The number of nitrogens with zero attached hydrogens (tertiary/aromatic N) is 1. The van der Waals surface area contributed by atoms with Crippen LogP contribution in [0.25, 0.3) is 10.8 Å². The summed E-state index contributed by atoms with van der Waals surface area (Å²) in [5, 5.41) is 4.99. The van der Waals surface area contributed by atoms with Gasteiger partial charge in [-0.1, -0.05) is 18.7 Å². The molecule has 1 aromatic carbocycles. The van der Waals surface area contributed by atoms with E-state index in [1.165, 1.54) is 7.11 Å². The maximum absolute atomic E-state index is 11.6. The number of fused-ring (bicyclic) bond motifs is 1. The molecule has 3 rings (SSSR count). The van der Waals surface area contributed by atoms with Crippen molar-refractivity contribution in [1.82, 2.24) is 10.3 Å². The van der Waals surface area contributed by atoms with Crippen LogP contribution in [0.1, 0.15) is 6.42 Å². The molecule has 0 spiro atoms. The van der Waals surface area contributed by atoms with E-state index in [4.69, 9.17) is 14.2 Å². The topological polar surface area (TPSA) is 69.7 Å². The van der Waals surface area contributed by atoms with Crippen LogP contribution in [0, 0.1) is 0 Å². The lowest BCUT2D eigenvalue weighted by Crippen LogP contribution is -2.31. The molecule has 0 unspecified atom stereocenters. The van der Waals surface area contributed by atoms with Gasteiger partial charge in [-0.3, -0.25) is 4.79 Å². The molecule has 1 aliphatic heterocycles. The zero-order chi connectivity index (χ0) is 16.9. The normalized spacial score (nSPS) is 19.1. The van der Waals surface area contributed by atoms with Crippen molar-refractivity contribution in [3.8, 4) is 11.6 Å². The highest BCUT2D eigenvalue weighted by Crippen LogP contribution is 2.29. The van der Waals surface area contributed by atoms with Crippen LogP contribution < -0.4 is 14.8 Å². The Morgan fingerprint density at radius 2 is 2.28 bits per heavy atom. The van der Waals surface area contributed by atoms with E-state index < -0.39 is 0 Å². The fraction of sp³-hybridized carbons (Fsp3) is 0.333. The highest BCUT2D eigenvalue weighted by Gasteiger charge is 2.31. The molecule has 0 radical (unpaired) electrons. The summed E-state index contributed by atoms with van der Waals surface area (Å²) < 4.78 is 16.4. The Morgan fingerprint density at radius 3 is 3.04 bits per heavy atom. The summed E-state index contributed by atoms with van der Waals surface area (Å²) in [6, 6.07) is 7.36. The first-order chi connectivity index (χ1) is 11.7. The van der Waals surface area contributed by atoms with E-state index in [0.29, 0.717) is 25.5 Å². The van der Waals surface area contributed by atoms with Crippen molar-refractivity contribution >= 4 is 29.1 Å². The molecule has 1 N–H and O–H groups in total. The van der Waals surface area contributed by atoms with Crippen LogP contribution in [0.2, 0.25) is 0 Å². The first kappa shape index (κ1) is 19.0. The predicted molar refractivity (Wildman–Crippen MR) is 97.5 cm³/mol. The maximum Gasteiger partial charge on any atom is 0.323 e. The van der Waals surface area contributed by atoms with Crippen LogP contribution in [-0.4, -0.2) is 43.4 Å². The molecule has 1 aliphatic rings. The average molecular weight is 365 g/mol. The quantitative estimate of drug-likeness (QED) is 0.627. The van der Waals surface area contributed by atoms with Crippen LogP contribution in [0.5, 0.6) is 11.6 Å². The van der Waals surface area contributed by atoms with Crippen molar-refractivity contribution in [2.75, 3.05) is 20.3 Å². The van der Waals surface area contributed by atoms with E-state index in [9.17, 15) is 4.79 Å². The summed E-state index contributed by atoms with van der Waals surface area (Å²) in [6.07, 6.45) is 3.83. The Morgan fingerprint density at radius 1 is 1.44 bits per heavy atom. The van der Waals surface area contributed by atoms with Gasteiger partial charge in [0.1, 0.15) is 24.5 Å². The fourth-order valence-electron chi connectivity index (χ4n) is 2.73. The van der Waals surface area contributed by atoms with Gasteiger partial charge in [0.25, 0.3) is 0 Å². The maximum atomic E-state index is 11.6. The lowest BCUT2D eigenvalue weighted by molar-refractivity contribution is -0.142. The Balaban J connectivity index is 0.00000225. The number of hydrogen-bond acceptors (Lipinski definition) is 6. The van der Waals surface area contributed by atoms with Gasteiger partial charge >= 0.3 is 5.97 Å². The first-order valence-electron chi connectivity index (χ1n) is 7.81. The molecule has 2 heterocycles. The number of carbonyl (C=O) groups excluding carboxylic acids is 1. The molecule has 2 aromatic rings. The molecule has 1 aromatic heterocycles. The Hall–Kier alpha value is -2.31. The lowest BCUT2D eigenvalue weighted by atomic mass is 10.1. The van der Waals surface area contributed by atoms with Gasteiger partial charge in [0, 0.05) is 24.5 Å².